The fraction of sp³-hybridized carbons (Fsp3) is 0.203. The molecule has 4 amide bonds. The van der Waals surface area contributed by atoms with Gasteiger partial charge in [-0.3, -0.25) is 33.3 Å². The number of hydrogen-bond donors (Lipinski definition) is 7. The van der Waals surface area contributed by atoms with Crippen molar-refractivity contribution in [2.75, 3.05) is 63.0 Å². The minimum absolute atomic E-state index is 0.0274. The summed E-state index contributed by atoms with van der Waals surface area (Å²) in [4.78, 5) is 97.2. The van der Waals surface area contributed by atoms with Gasteiger partial charge in [-0.2, -0.15) is 33.7 Å². The molecule has 0 bridgehead atoms. The Hall–Kier alpha value is -11.1. The number of nitrogens with one attached hydrogen (secondary N) is 4. The second kappa shape index (κ2) is 35.9. The molecule has 7 aromatic rings. The predicted molar refractivity (Wildman–Crippen MR) is 364 cm³/mol. The van der Waals surface area contributed by atoms with Gasteiger partial charge in [0.15, 0.2) is 21.7 Å². The molecule has 7 rings (SSSR count). The summed E-state index contributed by atoms with van der Waals surface area (Å²) in [6.45, 7) is 22.6. The average molecular weight is 1440 g/mol. The molecule has 3 heterocycles. The molecule has 97 heavy (non-hydrogen) atoms. The third kappa shape index (κ3) is 22.2. The molecule has 0 spiro atoms. The number of thiophene rings is 2. The summed E-state index contributed by atoms with van der Waals surface area (Å²) in [7, 11) is -11.4. The van der Waals surface area contributed by atoms with Gasteiger partial charge in [-0.1, -0.05) is 30.8 Å². The Bertz CT molecular complexity index is 4750. The van der Waals surface area contributed by atoms with Gasteiger partial charge in [0.2, 0.25) is 29.4 Å². The second-order valence-corrected chi connectivity index (χ2v) is 24.5. The van der Waals surface area contributed by atoms with Crippen LogP contribution in [0.15, 0.2) is 133 Å². The molecule has 0 radical (unpaired) electrons. The summed E-state index contributed by atoms with van der Waals surface area (Å²) in [5.74, 6) is -3.99. The number of anilines is 8. The number of rotatable bonds is 27. The van der Waals surface area contributed by atoms with Crippen LogP contribution in [0, 0.1) is 17.9 Å². The highest BCUT2D eigenvalue weighted by Gasteiger charge is 2.29. The van der Waals surface area contributed by atoms with Crippen molar-refractivity contribution in [3.63, 3.8) is 0 Å². The maximum Gasteiger partial charge on any atom is 0.425 e. The number of thioether (sulfide) groups is 1. The SMILES string of the molecule is O=S(=O)=O.O=S(=O)=O.[C-]#[N+]c1cc(/C=C(\C(C)=O)C(=O)Nc2cccc(C(N)=O)c2)sc1N=Nc1ccc(N(CC)CC)cc1Nc1nc(Nc2cc(N(CC)CC)ccc2N=Nc2sc(/C=C(/C(C)=O)C(=O)Nc3cccc(C(N)=O)c3)c(S(=O)(=O)O)c2C#N)nc(SCC)n1. The molecule has 4 aromatic carbocycles. The molecule has 0 unspecified atom stereocenters. The Balaban J connectivity index is 0.00000201. The minimum Gasteiger partial charge on any atom is -0.372 e. The normalized spacial score (nSPS) is 11.2. The van der Waals surface area contributed by atoms with Crippen LogP contribution in [-0.2, 0) is 50.5 Å². The Kier molecular flexibility index (Phi) is 28.4. The van der Waals surface area contributed by atoms with Crippen molar-refractivity contribution in [1.82, 2.24) is 15.0 Å². The van der Waals surface area contributed by atoms with Gasteiger partial charge >= 0.3 is 21.2 Å². The van der Waals surface area contributed by atoms with E-state index in [2.05, 4.69) is 56.4 Å². The molecule has 504 valence electrons. The summed E-state index contributed by atoms with van der Waals surface area (Å²) in [6.07, 6.45) is 2.24. The number of aromatic nitrogens is 3. The lowest BCUT2D eigenvalue weighted by Gasteiger charge is -2.22. The van der Waals surface area contributed by atoms with Crippen LogP contribution >= 0.6 is 34.4 Å². The summed E-state index contributed by atoms with van der Waals surface area (Å²) in [6, 6.07) is 25.3. The summed E-state index contributed by atoms with van der Waals surface area (Å²) >= 11 is 2.88. The van der Waals surface area contributed by atoms with Gasteiger partial charge < -0.3 is 42.5 Å². The topological polar surface area (TPSA) is 482 Å². The lowest BCUT2D eigenvalue weighted by molar-refractivity contribution is -0.120. The predicted octanol–water partition coefficient (Wildman–Crippen LogP) is 10.2. The third-order valence-corrected chi connectivity index (χ3v) is 16.6. The maximum absolute atomic E-state index is 13.5. The zero-order valence-electron chi connectivity index (χ0n) is 52.0. The van der Waals surface area contributed by atoms with E-state index in [1.54, 1.807) is 30.3 Å². The standard InChI is InChI=1S/C59H57N17O9S4.2O3S/c1-9-75(10-2)38-20-22-44(71-73-55-43(31-60)50(89(83,84)85)49(88-55)30-42(33(7)78)54(82)65-37-19-15-17-35(25-37)52(62)80)46(26-38)66-57-68-58(70-59(69-57)86-13-5)67-47-27-39(76(11-3)12-4)21-23-45(47)72-74-56-48(63-8)29-40(87-56)28-41(32(6)77)53(81)64-36-18-14-16-34(24-36)51(61)79;2*1-4(2)3/h14-30H,9-13H2,1-7H3,(H2,61,79)(H2,62,80)(H,64,81)(H,65,82)(H,83,84,85)(H2,66,67,68,69,70);;/b41-28+,42-30-,73-71?,74-72?;;. The van der Waals surface area contributed by atoms with Gasteiger partial charge in [0.25, 0.3) is 21.9 Å². The highest BCUT2D eigenvalue weighted by molar-refractivity contribution is 7.99. The molecule has 0 atom stereocenters. The first kappa shape index (κ1) is 76.6. The number of carbonyl (C=O) groups is 6. The molecule has 32 nitrogen and oxygen atoms in total. The van der Waals surface area contributed by atoms with Crippen LogP contribution in [0.1, 0.15) is 84.5 Å². The van der Waals surface area contributed by atoms with E-state index in [9.17, 15) is 47.0 Å². The number of ketones is 2. The van der Waals surface area contributed by atoms with Gasteiger partial charge in [-0.25, -0.2) is 4.85 Å². The van der Waals surface area contributed by atoms with Crippen molar-refractivity contribution in [3.05, 3.63) is 140 Å². The molecule has 38 heteroatoms. The molecule has 0 saturated carbocycles. The van der Waals surface area contributed by atoms with Gasteiger partial charge in [0.05, 0.1) is 34.0 Å². The molecule has 3 aromatic heterocycles. The number of hydrogen-bond acceptors (Lipinski definition) is 29. The van der Waals surface area contributed by atoms with E-state index < -0.39 is 87.4 Å². The average Bonchev–Trinajstić information content (AvgIpc) is 1.65. The van der Waals surface area contributed by atoms with Crippen molar-refractivity contribution < 1.29 is 67.0 Å². The quantitative estimate of drug-likeness (QED) is 0.00478. The number of nitriles is 1. The molecular formula is C59H57N17O15S6. The number of benzene rings is 4. The fourth-order valence-corrected chi connectivity index (χ4v) is 12.0. The van der Waals surface area contributed by atoms with Crippen LogP contribution in [0.2, 0.25) is 0 Å². The van der Waals surface area contributed by atoms with Crippen LogP contribution in [0.3, 0.4) is 0 Å². The molecule has 0 aliphatic rings. The van der Waals surface area contributed by atoms with Crippen molar-refractivity contribution in [2.24, 2.45) is 31.9 Å². The van der Waals surface area contributed by atoms with E-state index in [-0.39, 0.29) is 67.0 Å². The van der Waals surface area contributed by atoms with Crippen molar-refractivity contribution in [3.8, 4) is 6.07 Å². The summed E-state index contributed by atoms with van der Waals surface area (Å²) < 4.78 is 87.1. The first-order chi connectivity index (χ1) is 46.0. The number of azo groups is 2. The minimum atomic E-state index is -5.22. The van der Waals surface area contributed by atoms with Gasteiger partial charge in [0, 0.05) is 64.9 Å². The number of amides is 4. The number of primary amides is 2. The van der Waals surface area contributed by atoms with Gasteiger partial charge in [-0.15, -0.1) is 63.3 Å². The van der Waals surface area contributed by atoms with Gasteiger partial charge in [0.1, 0.15) is 32.9 Å². The monoisotopic (exact) mass is 1440 g/mol. The van der Waals surface area contributed by atoms with E-state index in [1.807, 2.05) is 46.8 Å². The number of Topliss-reactive ketones (excluding diaryl/α,β-unsaturated/α-hetero) is 2. The highest BCUT2D eigenvalue weighted by Crippen LogP contribution is 2.44. The van der Waals surface area contributed by atoms with Gasteiger partial charge in [-0.05, 0) is 138 Å². The zero-order chi connectivity index (χ0) is 71.8. The summed E-state index contributed by atoms with van der Waals surface area (Å²) in [5, 5.41) is 39.9. The Morgan fingerprint density at radius 1 is 0.660 bits per heavy atom. The van der Waals surface area contributed by atoms with Crippen LogP contribution in [0.5, 0.6) is 0 Å². The van der Waals surface area contributed by atoms with Crippen molar-refractivity contribution in [2.45, 2.75) is 58.5 Å². The van der Waals surface area contributed by atoms with E-state index in [4.69, 9.17) is 58.2 Å². The molecular weight excluding hydrogens is 1380 g/mol. The molecule has 0 saturated heterocycles. The first-order valence-electron chi connectivity index (χ1n) is 28.0. The third-order valence-electron chi connectivity index (χ3n) is 12.8. The smallest absolute Gasteiger partial charge is 0.372 e. The second-order valence-electron chi connectivity index (χ2n) is 19.0. The van der Waals surface area contributed by atoms with Crippen LogP contribution in [0.4, 0.5) is 73.1 Å². The molecule has 9 N–H and O–H groups in total. The molecule has 0 aliphatic heterocycles. The van der Waals surface area contributed by atoms with Crippen molar-refractivity contribution in [1.29, 1.82) is 5.26 Å². The van der Waals surface area contributed by atoms with E-state index in [0.29, 0.717) is 64.7 Å². The first-order valence-corrected chi connectivity index (χ1v) is 34.0. The maximum atomic E-state index is 13.5. The van der Waals surface area contributed by atoms with Crippen molar-refractivity contribution >= 4 is 186 Å². The highest BCUT2D eigenvalue weighted by atomic mass is 32.2. The number of nitrogens with zero attached hydrogens (tertiary/aromatic N) is 11. The van der Waals surface area contributed by atoms with E-state index >= 15 is 0 Å². The molecule has 0 aliphatic carbocycles. The largest absolute Gasteiger partial charge is 0.425 e. The molecule has 0 fully saturated rings. The Morgan fingerprint density at radius 2 is 1.10 bits per heavy atom. The Morgan fingerprint density at radius 3 is 1.49 bits per heavy atom. The summed E-state index contributed by atoms with van der Waals surface area (Å²) in [5.41, 5.74) is 12.6. The van der Waals surface area contributed by atoms with E-state index in [1.165, 1.54) is 79.4 Å². The number of carbonyl (C=O) groups excluding carboxylic acids is 6. The van der Waals surface area contributed by atoms with Crippen LogP contribution in [-0.4, -0.2) is 120 Å². The Labute approximate surface area is 569 Å². The van der Waals surface area contributed by atoms with Crippen LogP contribution < -0.4 is 42.5 Å². The lowest BCUT2D eigenvalue weighted by Crippen LogP contribution is -2.21. The van der Waals surface area contributed by atoms with E-state index in [0.717, 1.165) is 35.7 Å². The zero-order valence-corrected chi connectivity index (χ0v) is 56.9. The van der Waals surface area contributed by atoms with Crippen LogP contribution in [0.25, 0.3) is 17.0 Å². The fourth-order valence-electron chi connectivity index (χ4n) is 8.47. The lowest BCUT2D eigenvalue weighted by atomic mass is 10.1. The number of nitrogens with two attached hydrogens (primary N) is 2.